The summed E-state index contributed by atoms with van der Waals surface area (Å²) in [6, 6.07) is 7.75. The zero-order valence-corrected chi connectivity index (χ0v) is 10.7. The molecule has 1 aromatic carbocycles. The molecule has 0 bridgehead atoms. The lowest BCUT2D eigenvalue weighted by Crippen LogP contribution is -1.89. The maximum absolute atomic E-state index is 5.68. The van der Waals surface area contributed by atoms with Gasteiger partial charge in [-0.2, -0.15) is 0 Å². The van der Waals surface area contributed by atoms with Crippen molar-refractivity contribution in [3.63, 3.8) is 0 Å². The minimum Gasteiger partial charge on any atom is -0.399 e. The number of benzene rings is 1. The Hall–Kier alpha value is -2.14. The number of nitrogens with zero attached hydrogens (tertiary/aromatic N) is 3. The predicted octanol–water partition coefficient (Wildman–Crippen LogP) is 2.79. The Bertz CT molecular complexity index is 666. The normalized spacial score (nSPS) is 10.7. The number of rotatable bonds is 2. The Morgan fingerprint density at radius 2 is 2.00 bits per heavy atom. The molecule has 0 radical (unpaired) electrons. The van der Waals surface area contributed by atoms with Crippen LogP contribution in [-0.4, -0.2) is 14.5 Å². The van der Waals surface area contributed by atoms with Crippen molar-refractivity contribution < 1.29 is 0 Å². The molecule has 0 unspecified atom stereocenters. The molecule has 2 N–H and O–H groups in total. The zero-order valence-electron chi connectivity index (χ0n) is 9.87. The van der Waals surface area contributed by atoms with Crippen LogP contribution >= 0.6 is 11.3 Å². The fraction of sp³-hybridized carbons (Fsp3) is 0.0769. The smallest absolute Gasteiger partial charge is 0.124 e. The summed E-state index contributed by atoms with van der Waals surface area (Å²) in [5, 5.41) is 3.04. The van der Waals surface area contributed by atoms with Crippen LogP contribution in [0.1, 0.15) is 0 Å². The van der Waals surface area contributed by atoms with E-state index in [9.17, 15) is 0 Å². The maximum Gasteiger partial charge on any atom is 0.124 e. The van der Waals surface area contributed by atoms with Gasteiger partial charge < -0.3 is 10.3 Å². The van der Waals surface area contributed by atoms with Crippen LogP contribution in [0.15, 0.2) is 42.2 Å². The van der Waals surface area contributed by atoms with Crippen molar-refractivity contribution in [3.05, 3.63) is 42.2 Å². The summed E-state index contributed by atoms with van der Waals surface area (Å²) in [5.74, 6) is 0. The van der Waals surface area contributed by atoms with E-state index in [0.29, 0.717) is 0 Å². The van der Waals surface area contributed by atoms with Gasteiger partial charge in [0.25, 0.3) is 0 Å². The van der Waals surface area contributed by atoms with Gasteiger partial charge in [-0.3, -0.25) is 0 Å². The van der Waals surface area contributed by atoms with Gasteiger partial charge in [-0.1, -0.05) is 0 Å². The van der Waals surface area contributed by atoms with Gasteiger partial charge in [0.05, 0.1) is 23.9 Å². The molecule has 2 aromatic heterocycles. The number of imidazole rings is 1. The monoisotopic (exact) mass is 256 g/mol. The molecule has 5 heteroatoms. The number of hydrogen-bond donors (Lipinski definition) is 1. The largest absolute Gasteiger partial charge is 0.399 e. The van der Waals surface area contributed by atoms with Crippen LogP contribution in [0.5, 0.6) is 0 Å². The summed E-state index contributed by atoms with van der Waals surface area (Å²) in [6.07, 6.45) is 3.60. The Kier molecular flexibility index (Phi) is 2.60. The highest BCUT2D eigenvalue weighted by Gasteiger charge is 2.08. The van der Waals surface area contributed by atoms with Gasteiger partial charge in [0.2, 0.25) is 0 Å². The molecule has 0 aliphatic carbocycles. The molecule has 90 valence electrons. The second-order valence-corrected chi connectivity index (χ2v) is 4.91. The summed E-state index contributed by atoms with van der Waals surface area (Å²) in [4.78, 5) is 8.73. The van der Waals surface area contributed by atoms with E-state index in [1.165, 1.54) is 0 Å². The second kappa shape index (κ2) is 4.27. The number of aromatic nitrogens is 3. The first-order chi connectivity index (χ1) is 8.74. The third kappa shape index (κ3) is 1.89. The van der Waals surface area contributed by atoms with Gasteiger partial charge in [0.15, 0.2) is 0 Å². The summed E-state index contributed by atoms with van der Waals surface area (Å²) in [7, 11) is 1.96. The first-order valence-corrected chi connectivity index (χ1v) is 6.40. The van der Waals surface area contributed by atoms with Gasteiger partial charge in [-0.25, -0.2) is 9.97 Å². The number of anilines is 1. The summed E-state index contributed by atoms with van der Waals surface area (Å²) in [6.45, 7) is 0. The highest BCUT2D eigenvalue weighted by Crippen LogP contribution is 2.28. The minimum absolute atomic E-state index is 0.766. The topological polar surface area (TPSA) is 56.7 Å². The highest BCUT2D eigenvalue weighted by atomic mass is 32.1. The van der Waals surface area contributed by atoms with Gasteiger partial charge in [-0.15, -0.1) is 11.3 Å². The van der Waals surface area contributed by atoms with Crippen molar-refractivity contribution in [1.82, 2.24) is 14.5 Å². The first-order valence-electron chi connectivity index (χ1n) is 5.52. The number of thiazole rings is 1. The third-order valence-corrected chi connectivity index (χ3v) is 3.63. The van der Waals surface area contributed by atoms with E-state index in [2.05, 4.69) is 9.97 Å². The van der Waals surface area contributed by atoms with Gasteiger partial charge in [0, 0.05) is 23.7 Å². The Morgan fingerprint density at radius 1 is 1.22 bits per heavy atom. The summed E-state index contributed by atoms with van der Waals surface area (Å²) in [5.41, 5.74) is 9.50. The van der Waals surface area contributed by atoms with E-state index >= 15 is 0 Å². The van der Waals surface area contributed by atoms with Crippen LogP contribution < -0.4 is 5.73 Å². The lowest BCUT2D eigenvalue weighted by molar-refractivity contribution is 0.918. The van der Waals surface area contributed by atoms with Crippen molar-refractivity contribution in [2.24, 2.45) is 7.05 Å². The van der Waals surface area contributed by atoms with Crippen molar-refractivity contribution in [2.45, 2.75) is 0 Å². The maximum atomic E-state index is 5.68. The number of aryl methyl sites for hydroxylation is 1. The van der Waals surface area contributed by atoms with Crippen molar-refractivity contribution in [1.29, 1.82) is 0 Å². The Morgan fingerprint density at radius 3 is 2.67 bits per heavy atom. The third-order valence-electron chi connectivity index (χ3n) is 2.74. The lowest BCUT2D eigenvalue weighted by Gasteiger charge is -1.98. The fourth-order valence-electron chi connectivity index (χ4n) is 1.75. The predicted molar refractivity (Wildman–Crippen MR) is 74.2 cm³/mol. The molecule has 2 heterocycles. The Labute approximate surface area is 109 Å². The van der Waals surface area contributed by atoms with Crippen LogP contribution in [0, 0.1) is 0 Å². The molecule has 4 nitrogen and oxygen atoms in total. The molecule has 0 amide bonds. The van der Waals surface area contributed by atoms with Gasteiger partial charge in [0.1, 0.15) is 5.01 Å². The van der Waals surface area contributed by atoms with Gasteiger partial charge >= 0.3 is 0 Å². The zero-order chi connectivity index (χ0) is 12.5. The second-order valence-electron chi connectivity index (χ2n) is 4.05. The molecule has 3 rings (SSSR count). The first kappa shape index (κ1) is 11.0. The fourth-order valence-corrected chi connectivity index (χ4v) is 2.57. The van der Waals surface area contributed by atoms with E-state index in [1.807, 2.05) is 47.5 Å². The minimum atomic E-state index is 0.766. The summed E-state index contributed by atoms with van der Waals surface area (Å²) >= 11 is 1.62. The number of nitrogens with two attached hydrogens (primary N) is 1. The number of hydrogen-bond acceptors (Lipinski definition) is 4. The highest BCUT2D eigenvalue weighted by molar-refractivity contribution is 7.13. The standard InChI is InChI=1S/C13H12N4S/c1-17-8-15-6-12(17)11-7-18-13(16-11)9-2-4-10(14)5-3-9/h2-8H,14H2,1H3. The van der Waals surface area contributed by atoms with Crippen LogP contribution in [0.2, 0.25) is 0 Å². The SMILES string of the molecule is Cn1cncc1-c1csc(-c2ccc(N)cc2)n1. The molecule has 18 heavy (non-hydrogen) atoms. The van der Waals surface area contributed by atoms with Crippen LogP contribution in [0.4, 0.5) is 5.69 Å². The number of nitrogen functional groups attached to an aromatic ring is 1. The van der Waals surface area contributed by atoms with Crippen LogP contribution in [-0.2, 0) is 7.05 Å². The van der Waals surface area contributed by atoms with E-state index in [1.54, 1.807) is 17.7 Å². The molecule has 0 saturated heterocycles. The molecular formula is C13H12N4S. The van der Waals surface area contributed by atoms with Crippen molar-refractivity contribution in [2.75, 3.05) is 5.73 Å². The molecule has 0 aliphatic rings. The van der Waals surface area contributed by atoms with Crippen molar-refractivity contribution in [3.8, 4) is 22.0 Å². The van der Waals surface area contributed by atoms with Crippen LogP contribution in [0.3, 0.4) is 0 Å². The molecule has 0 atom stereocenters. The van der Waals surface area contributed by atoms with E-state index < -0.39 is 0 Å². The summed E-state index contributed by atoms with van der Waals surface area (Å²) < 4.78 is 1.96. The van der Waals surface area contributed by atoms with Gasteiger partial charge in [-0.05, 0) is 24.3 Å². The van der Waals surface area contributed by atoms with E-state index in [-0.39, 0.29) is 0 Å². The molecule has 0 spiro atoms. The quantitative estimate of drug-likeness (QED) is 0.717. The molecule has 0 saturated carbocycles. The average molecular weight is 256 g/mol. The molecule has 0 aliphatic heterocycles. The van der Waals surface area contributed by atoms with Crippen LogP contribution in [0.25, 0.3) is 22.0 Å². The Balaban J connectivity index is 1.99. The average Bonchev–Trinajstić information content (AvgIpc) is 2.98. The van der Waals surface area contributed by atoms with E-state index in [4.69, 9.17) is 5.73 Å². The van der Waals surface area contributed by atoms with Crippen molar-refractivity contribution >= 4 is 17.0 Å². The molecular weight excluding hydrogens is 244 g/mol. The van der Waals surface area contributed by atoms with E-state index in [0.717, 1.165) is 27.6 Å². The molecule has 3 aromatic rings. The molecule has 0 fully saturated rings. The lowest BCUT2D eigenvalue weighted by atomic mass is 10.2.